The zero-order valence-electron chi connectivity index (χ0n) is 9.36. The highest BCUT2D eigenvalue weighted by molar-refractivity contribution is 9.10. The van der Waals surface area contributed by atoms with E-state index < -0.39 is 0 Å². The van der Waals surface area contributed by atoms with Crippen molar-refractivity contribution in [3.63, 3.8) is 0 Å². The molecule has 0 aliphatic carbocycles. The third kappa shape index (κ3) is 3.07. The van der Waals surface area contributed by atoms with Crippen molar-refractivity contribution in [1.29, 1.82) is 0 Å². The summed E-state index contributed by atoms with van der Waals surface area (Å²) in [5.74, 6) is 0.361. The number of benzene rings is 2. The summed E-state index contributed by atoms with van der Waals surface area (Å²) in [5.41, 5.74) is 1.09. The molecule has 88 valence electrons. The van der Waals surface area contributed by atoms with Crippen LogP contribution >= 0.6 is 15.9 Å². The summed E-state index contributed by atoms with van der Waals surface area (Å²) in [6, 6.07) is 14.5. The Balaban J connectivity index is 2.13. The molecule has 0 saturated carbocycles. The van der Waals surface area contributed by atoms with Crippen molar-refractivity contribution in [2.45, 2.75) is 13.0 Å². The minimum atomic E-state index is -0.287. The molecular formula is C14H12BrFO. The highest BCUT2D eigenvalue weighted by atomic mass is 79.9. The molecule has 3 heteroatoms. The Morgan fingerprint density at radius 3 is 2.47 bits per heavy atom. The summed E-state index contributed by atoms with van der Waals surface area (Å²) in [6.07, 6.45) is -0.0615. The Morgan fingerprint density at radius 1 is 1.12 bits per heavy atom. The van der Waals surface area contributed by atoms with Gasteiger partial charge in [-0.3, -0.25) is 0 Å². The van der Waals surface area contributed by atoms with Crippen LogP contribution in [-0.4, -0.2) is 0 Å². The molecule has 0 aromatic heterocycles. The summed E-state index contributed by atoms with van der Waals surface area (Å²) >= 11 is 3.14. The average molecular weight is 295 g/mol. The second-order valence-electron chi connectivity index (χ2n) is 3.75. The van der Waals surface area contributed by atoms with Gasteiger partial charge >= 0.3 is 0 Å². The Bertz CT molecular complexity index is 499. The normalized spacial score (nSPS) is 12.2. The van der Waals surface area contributed by atoms with Crippen LogP contribution in [0.1, 0.15) is 18.6 Å². The number of hydrogen-bond donors (Lipinski definition) is 0. The van der Waals surface area contributed by atoms with Crippen molar-refractivity contribution in [3.8, 4) is 5.75 Å². The maximum absolute atomic E-state index is 13.1. The van der Waals surface area contributed by atoms with Crippen molar-refractivity contribution in [1.82, 2.24) is 0 Å². The first-order chi connectivity index (χ1) is 8.16. The smallest absolute Gasteiger partial charge is 0.137 e. The summed E-state index contributed by atoms with van der Waals surface area (Å²) in [7, 11) is 0. The van der Waals surface area contributed by atoms with Crippen LogP contribution in [0, 0.1) is 5.82 Å². The monoisotopic (exact) mass is 294 g/mol. The Morgan fingerprint density at radius 2 is 1.82 bits per heavy atom. The van der Waals surface area contributed by atoms with Gasteiger partial charge in [-0.1, -0.05) is 30.3 Å². The minimum Gasteiger partial charge on any atom is -0.486 e. The predicted octanol–water partition coefficient (Wildman–Crippen LogP) is 4.73. The van der Waals surface area contributed by atoms with E-state index in [4.69, 9.17) is 4.74 Å². The number of rotatable bonds is 3. The molecule has 1 unspecified atom stereocenters. The molecule has 0 aliphatic heterocycles. The van der Waals surface area contributed by atoms with Gasteiger partial charge in [-0.2, -0.15) is 0 Å². The van der Waals surface area contributed by atoms with Gasteiger partial charge in [-0.05, 0) is 46.6 Å². The molecule has 2 aromatic rings. The van der Waals surface area contributed by atoms with Gasteiger partial charge in [0.15, 0.2) is 0 Å². The molecule has 0 amide bonds. The van der Waals surface area contributed by atoms with Gasteiger partial charge in [0, 0.05) is 0 Å². The Kier molecular flexibility index (Phi) is 3.79. The fourth-order valence-electron chi connectivity index (χ4n) is 1.55. The molecule has 17 heavy (non-hydrogen) atoms. The average Bonchev–Trinajstić information content (AvgIpc) is 2.35. The second kappa shape index (κ2) is 5.32. The van der Waals surface area contributed by atoms with Crippen molar-refractivity contribution < 1.29 is 9.13 Å². The third-order valence-corrected chi connectivity index (χ3v) is 3.08. The molecule has 0 radical (unpaired) electrons. The summed E-state index contributed by atoms with van der Waals surface area (Å²) in [5, 5.41) is 0. The van der Waals surface area contributed by atoms with Crippen LogP contribution in [0.15, 0.2) is 53.0 Å². The Labute approximate surface area is 108 Å². The van der Waals surface area contributed by atoms with Crippen molar-refractivity contribution in [2.24, 2.45) is 0 Å². The molecule has 0 aliphatic rings. The van der Waals surface area contributed by atoms with Crippen LogP contribution in [0.25, 0.3) is 0 Å². The summed E-state index contributed by atoms with van der Waals surface area (Å²) in [4.78, 5) is 0. The van der Waals surface area contributed by atoms with E-state index in [0.717, 1.165) is 5.56 Å². The van der Waals surface area contributed by atoms with E-state index in [0.29, 0.717) is 10.2 Å². The maximum Gasteiger partial charge on any atom is 0.137 e. The lowest BCUT2D eigenvalue weighted by atomic mass is 10.1. The van der Waals surface area contributed by atoms with Gasteiger partial charge in [-0.25, -0.2) is 4.39 Å². The standard InChI is InChI=1S/C14H12BrFO/c1-10(11-5-3-2-4-6-11)17-12-7-8-14(16)13(15)9-12/h2-10H,1H3. The van der Waals surface area contributed by atoms with Crippen LogP contribution in [0.3, 0.4) is 0 Å². The van der Waals surface area contributed by atoms with Crippen LogP contribution < -0.4 is 4.74 Å². The second-order valence-corrected chi connectivity index (χ2v) is 4.60. The van der Waals surface area contributed by atoms with Crippen LogP contribution in [-0.2, 0) is 0 Å². The number of hydrogen-bond acceptors (Lipinski definition) is 1. The molecule has 0 saturated heterocycles. The maximum atomic E-state index is 13.1. The predicted molar refractivity (Wildman–Crippen MR) is 69.6 cm³/mol. The van der Waals surface area contributed by atoms with E-state index in [1.54, 1.807) is 12.1 Å². The molecule has 1 nitrogen and oxygen atoms in total. The van der Waals surface area contributed by atoms with Gasteiger partial charge in [-0.15, -0.1) is 0 Å². The van der Waals surface area contributed by atoms with Crippen molar-refractivity contribution in [2.75, 3.05) is 0 Å². The summed E-state index contributed by atoms with van der Waals surface area (Å²) in [6.45, 7) is 1.96. The first-order valence-electron chi connectivity index (χ1n) is 5.33. The van der Waals surface area contributed by atoms with E-state index in [1.807, 2.05) is 37.3 Å². The van der Waals surface area contributed by atoms with Gasteiger partial charge < -0.3 is 4.74 Å². The zero-order chi connectivity index (χ0) is 12.3. The van der Waals surface area contributed by atoms with E-state index in [-0.39, 0.29) is 11.9 Å². The topological polar surface area (TPSA) is 9.23 Å². The zero-order valence-corrected chi connectivity index (χ0v) is 10.9. The number of halogens is 2. The molecule has 1 atom stereocenters. The lowest BCUT2D eigenvalue weighted by molar-refractivity contribution is 0.226. The molecule has 0 spiro atoms. The molecule has 2 rings (SSSR count). The van der Waals surface area contributed by atoms with Gasteiger partial charge in [0.1, 0.15) is 17.7 Å². The molecule has 0 fully saturated rings. The van der Waals surface area contributed by atoms with Crippen LogP contribution in [0.4, 0.5) is 4.39 Å². The molecule has 0 bridgehead atoms. The highest BCUT2D eigenvalue weighted by Crippen LogP contribution is 2.26. The van der Waals surface area contributed by atoms with Gasteiger partial charge in [0.05, 0.1) is 4.47 Å². The lowest BCUT2D eigenvalue weighted by Gasteiger charge is -2.15. The first kappa shape index (κ1) is 12.1. The first-order valence-corrected chi connectivity index (χ1v) is 6.13. The number of ether oxygens (including phenoxy) is 1. The fourth-order valence-corrected chi connectivity index (χ4v) is 1.90. The van der Waals surface area contributed by atoms with Crippen molar-refractivity contribution in [3.05, 3.63) is 64.4 Å². The SMILES string of the molecule is CC(Oc1ccc(F)c(Br)c1)c1ccccc1. The molecule has 0 N–H and O–H groups in total. The quantitative estimate of drug-likeness (QED) is 0.795. The molecule has 0 heterocycles. The van der Waals surface area contributed by atoms with E-state index >= 15 is 0 Å². The largest absolute Gasteiger partial charge is 0.486 e. The Hall–Kier alpha value is -1.35. The van der Waals surface area contributed by atoms with Gasteiger partial charge in [0.25, 0.3) is 0 Å². The minimum absolute atomic E-state index is 0.0615. The van der Waals surface area contributed by atoms with Crippen LogP contribution in [0.2, 0.25) is 0 Å². The van der Waals surface area contributed by atoms with E-state index in [9.17, 15) is 4.39 Å². The van der Waals surface area contributed by atoms with Crippen molar-refractivity contribution >= 4 is 15.9 Å². The molecule has 2 aromatic carbocycles. The summed E-state index contributed by atoms with van der Waals surface area (Å²) < 4.78 is 19.2. The lowest BCUT2D eigenvalue weighted by Crippen LogP contribution is -2.02. The van der Waals surface area contributed by atoms with E-state index in [2.05, 4.69) is 15.9 Å². The fraction of sp³-hybridized carbons (Fsp3) is 0.143. The third-order valence-electron chi connectivity index (χ3n) is 2.47. The van der Waals surface area contributed by atoms with Crippen LogP contribution in [0.5, 0.6) is 5.75 Å². The van der Waals surface area contributed by atoms with Gasteiger partial charge in [0.2, 0.25) is 0 Å². The highest BCUT2D eigenvalue weighted by Gasteiger charge is 2.08. The van der Waals surface area contributed by atoms with E-state index in [1.165, 1.54) is 6.07 Å². The molecular weight excluding hydrogens is 283 g/mol.